The molecule has 0 fully saturated rings. The summed E-state index contributed by atoms with van der Waals surface area (Å²) >= 11 is 7.40. The van der Waals surface area contributed by atoms with Gasteiger partial charge in [0.2, 0.25) is 0 Å². The van der Waals surface area contributed by atoms with Crippen molar-refractivity contribution in [1.82, 2.24) is 10.3 Å². The second-order valence-corrected chi connectivity index (χ2v) is 5.87. The van der Waals surface area contributed by atoms with E-state index in [1.807, 2.05) is 17.5 Å². The summed E-state index contributed by atoms with van der Waals surface area (Å²) in [4.78, 5) is 4.50. The molecule has 7 heteroatoms. The summed E-state index contributed by atoms with van der Waals surface area (Å²) in [5.74, 6) is 0.778. The Labute approximate surface area is 138 Å². The Kier molecular flexibility index (Phi) is 7.62. The molecule has 0 bridgehead atoms. The van der Waals surface area contributed by atoms with Crippen LogP contribution < -0.4 is 10.1 Å². The third-order valence-corrected chi connectivity index (χ3v) is 3.86. The van der Waals surface area contributed by atoms with E-state index >= 15 is 0 Å². The molecule has 0 radical (unpaired) electrons. The topological polar surface area (TPSA) is 63.6 Å². The van der Waals surface area contributed by atoms with Crippen LogP contribution in [-0.4, -0.2) is 36.5 Å². The third-order valence-electron chi connectivity index (χ3n) is 2.74. The normalized spacial score (nSPS) is 10.8. The number of thiazole rings is 1. The van der Waals surface area contributed by atoms with E-state index in [0.29, 0.717) is 31.4 Å². The lowest BCUT2D eigenvalue weighted by Crippen LogP contribution is -2.20. The van der Waals surface area contributed by atoms with Crippen molar-refractivity contribution in [1.29, 1.82) is 0 Å². The number of aliphatic hydroxyl groups is 1. The quantitative estimate of drug-likeness (QED) is 0.649. The zero-order valence-corrected chi connectivity index (χ0v) is 13.7. The molecule has 22 heavy (non-hydrogen) atoms. The van der Waals surface area contributed by atoms with E-state index in [-0.39, 0.29) is 6.61 Å². The van der Waals surface area contributed by atoms with E-state index in [9.17, 15) is 0 Å². The highest BCUT2D eigenvalue weighted by molar-refractivity contribution is 7.09. The Balaban J connectivity index is 1.66. The minimum absolute atomic E-state index is 0.0586. The first-order chi connectivity index (χ1) is 10.8. The fraction of sp³-hybridized carbons (Fsp3) is 0.400. The molecule has 1 heterocycles. The van der Waals surface area contributed by atoms with Crippen LogP contribution >= 0.6 is 22.9 Å². The Morgan fingerprint density at radius 3 is 2.82 bits per heavy atom. The highest BCUT2D eigenvalue weighted by Crippen LogP contribution is 2.18. The zero-order chi connectivity index (χ0) is 15.6. The van der Waals surface area contributed by atoms with Crippen LogP contribution in [0, 0.1) is 0 Å². The van der Waals surface area contributed by atoms with Crippen molar-refractivity contribution in [2.45, 2.75) is 13.2 Å². The van der Waals surface area contributed by atoms with Crippen LogP contribution in [0.5, 0.6) is 5.75 Å². The molecule has 120 valence electrons. The van der Waals surface area contributed by atoms with Gasteiger partial charge in [0, 0.05) is 23.5 Å². The summed E-state index contributed by atoms with van der Waals surface area (Å²) in [6, 6.07) is 7.27. The molecule has 2 rings (SSSR count). The molecule has 2 aromatic rings. The van der Waals surface area contributed by atoms with Crippen LogP contribution in [0.1, 0.15) is 10.7 Å². The SMILES string of the molecule is OCCOCCNCc1csc(COc2ccc(Cl)cc2)n1. The predicted molar refractivity (Wildman–Crippen MR) is 87.5 cm³/mol. The first kappa shape index (κ1) is 17.2. The minimum atomic E-state index is 0.0586. The lowest BCUT2D eigenvalue weighted by molar-refractivity contribution is 0.0937. The predicted octanol–water partition coefficient (Wildman–Crippen LogP) is 2.47. The summed E-state index contributed by atoms with van der Waals surface area (Å²) in [6.07, 6.45) is 0. The summed E-state index contributed by atoms with van der Waals surface area (Å²) in [7, 11) is 0. The molecule has 2 N–H and O–H groups in total. The van der Waals surface area contributed by atoms with Gasteiger partial charge in [-0.3, -0.25) is 0 Å². The second-order valence-electron chi connectivity index (χ2n) is 4.49. The highest BCUT2D eigenvalue weighted by atomic mass is 35.5. The minimum Gasteiger partial charge on any atom is -0.486 e. The molecule has 5 nitrogen and oxygen atoms in total. The molecule has 0 aliphatic rings. The van der Waals surface area contributed by atoms with Gasteiger partial charge in [-0.15, -0.1) is 11.3 Å². The summed E-state index contributed by atoms with van der Waals surface area (Å²) in [5.41, 5.74) is 0.988. The van der Waals surface area contributed by atoms with E-state index in [2.05, 4.69) is 10.3 Å². The van der Waals surface area contributed by atoms with E-state index in [4.69, 9.17) is 26.2 Å². The van der Waals surface area contributed by atoms with Gasteiger partial charge in [-0.05, 0) is 24.3 Å². The number of hydrogen-bond donors (Lipinski definition) is 2. The van der Waals surface area contributed by atoms with Crippen molar-refractivity contribution >= 4 is 22.9 Å². The van der Waals surface area contributed by atoms with Crippen molar-refractivity contribution in [3.63, 3.8) is 0 Å². The van der Waals surface area contributed by atoms with Crippen LogP contribution in [0.15, 0.2) is 29.6 Å². The third kappa shape index (κ3) is 6.29. The lowest BCUT2D eigenvalue weighted by atomic mass is 10.3. The number of ether oxygens (including phenoxy) is 2. The maximum Gasteiger partial charge on any atom is 0.140 e. The molecular weight excluding hydrogens is 324 g/mol. The van der Waals surface area contributed by atoms with Gasteiger partial charge < -0.3 is 19.9 Å². The maximum atomic E-state index is 8.58. The Morgan fingerprint density at radius 2 is 2.05 bits per heavy atom. The van der Waals surface area contributed by atoms with Gasteiger partial charge in [-0.1, -0.05) is 11.6 Å². The number of aliphatic hydroxyl groups excluding tert-OH is 1. The van der Waals surface area contributed by atoms with Crippen molar-refractivity contribution < 1.29 is 14.6 Å². The smallest absolute Gasteiger partial charge is 0.140 e. The Bertz CT molecular complexity index is 548. The van der Waals surface area contributed by atoms with Gasteiger partial charge in [0.05, 0.1) is 25.5 Å². The van der Waals surface area contributed by atoms with Gasteiger partial charge >= 0.3 is 0 Å². The van der Waals surface area contributed by atoms with E-state index in [0.717, 1.165) is 23.0 Å². The number of aromatic nitrogens is 1. The van der Waals surface area contributed by atoms with Crippen LogP contribution in [-0.2, 0) is 17.9 Å². The van der Waals surface area contributed by atoms with Gasteiger partial charge in [0.15, 0.2) is 0 Å². The van der Waals surface area contributed by atoms with Gasteiger partial charge in [-0.2, -0.15) is 0 Å². The molecule has 0 unspecified atom stereocenters. The molecule has 0 saturated heterocycles. The molecular formula is C15H19ClN2O3S. The van der Waals surface area contributed by atoms with Crippen LogP contribution in [0.4, 0.5) is 0 Å². The molecule has 0 amide bonds. The summed E-state index contributed by atoms with van der Waals surface area (Å²) < 4.78 is 10.8. The molecule has 0 saturated carbocycles. The van der Waals surface area contributed by atoms with Gasteiger partial charge in [-0.25, -0.2) is 4.98 Å². The van der Waals surface area contributed by atoms with Crippen molar-refractivity contribution in [2.75, 3.05) is 26.4 Å². The molecule has 0 spiro atoms. The maximum absolute atomic E-state index is 8.58. The van der Waals surface area contributed by atoms with Gasteiger partial charge in [0.1, 0.15) is 17.4 Å². The van der Waals surface area contributed by atoms with Gasteiger partial charge in [0.25, 0.3) is 0 Å². The number of nitrogens with zero attached hydrogens (tertiary/aromatic N) is 1. The fourth-order valence-corrected chi connectivity index (χ4v) is 2.53. The van der Waals surface area contributed by atoms with Crippen LogP contribution in [0.2, 0.25) is 5.02 Å². The van der Waals surface area contributed by atoms with E-state index < -0.39 is 0 Å². The molecule has 0 atom stereocenters. The standard InChI is InChI=1S/C15H19ClN2O3S/c16-12-1-3-14(4-2-12)21-10-15-18-13(11-22-15)9-17-5-7-20-8-6-19/h1-4,11,17,19H,5-10H2. The van der Waals surface area contributed by atoms with Crippen molar-refractivity contribution in [3.05, 3.63) is 45.4 Å². The Hall–Kier alpha value is -1.18. The number of halogens is 1. The summed E-state index contributed by atoms with van der Waals surface area (Å²) in [5, 5.41) is 15.5. The first-order valence-electron chi connectivity index (χ1n) is 6.99. The first-order valence-corrected chi connectivity index (χ1v) is 8.24. The number of hydrogen-bond acceptors (Lipinski definition) is 6. The number of nitrogens with one attached hydrogen (secondary N) is 1. The molecule has 1 aromatic heterocycles. The van der Waals surface area contributed by atoms with Crippen molar-refractivity contribution in [3.8, 4) is 5.75 Å². The van der Waals surface area contributed by atoms with Crippen molar-refractivity contribution in [2.24, 2.45) is 0 Å². The summed E-state index contributed by atoms with van der Waals surface area (Å²) in [6.45, 7) is 2.89. The average molecular weight is 343 g/mol. The van der Waals surface area contributed by atoms with Crippen LogP contribution in [0.3, 0.4) is 0 Å². The fourth-order valence-electron chi connectivity index (χ4n) is 1.70. The molecule has 0 aliphatic carbocycles. The largest absolute Gasteiger partial charge is 0.486 e. The molecule has 0 aliphatic heterocycles. The lowest BCUT2D eigenvalue weighted by Gasteiger charge is -2.04. The number of rotatable bonds is 10. The second kappa shape index (κ2) is 9.76. The monoisotopic (exact) mass is 342 g/mol. The van der Waals surface area contributed by atoms with E-state index in [1.54, 1.807) is 23.5 Å². The number of benzene rings is 1. The zero-order valence-electron chi connectivity index (χ0n) is 12.1. The average Bonchev–Trinajstić information content (AvgIpc) is 2.98. The molecule has 1 aromatic carbocycles. The van der Waals surface area contributed by atoms with Crippen LogP contribution in [0.25, 0.3) is 0 Å². The Morgan fingerprint density at radius 1 is 1.23 bits per heavy atom. The van der Waals surface area contributed by atoms with E-state index in [1.165, 1.54) is 0 Å². The highest BCUT2D eigenvalue weighted by Gasteiger charge is 2.03.